The fourth-order valence-corrected chi connectivity index (χ4v) is 11.4. The summed E-state index contributed by atoms with van der Waals surface area (Å²) in [5, 5.41) is 0. The van der Waals surface area contributed by atoms with E-state index in [1.807, 2.05) is 0 Å². The second kappa shape index (κ2) is 10.9. The summed E-state index contributed by atoms with van der Waals surface area (Å²) in [5.74, 6) is 0. The fraction of sp³-hybridized carbons (Fsp3) is 0.200. The summed E-state index contributed by atoms with van der Waals surface area (Å²) in [5.41, 5.74) is 12.4. The van der Waals surface area contributed by atoms with E-state index in [0.29, 0.717) is 11.1 Å². The number of hydrogen-bond donors (Lipinski definition) is 0. The van der Waals surface area contributed by atoms with Crippen LogP contribution in [0.5, 0.6) is 0 Å². The second-order valence-electron chi connectivity index (χ2n) is 10.3. The van der Waals surface area contributed by atoms with E-state index in [4.69, 9.17) is 0 Å². The zero-order valence-electron chi connectivity index (χ0n) is 21.0. The van der Waals surface area contributed by atoms with Gasteiger partial charge in [0.05, 0.1) is 8.07 Å². The Balaban J connectivity index is 0.00000120. The first-order valence-corrected chi connectivity index (χ1v) is 15.0. The first kappa shape index (κ1) is 28.7. The summed E-state index contributed by atoms with van der Waals surface area (Å²) < 4.78 is 4.61. The minimum Gasteiger partial charge on any atom is -1.00 e. The SMILES string of the molecule is CC1=Cc2cn(-c3ccccc3)cc2C1[Si](C)(C)C1C(C)=Cc2cn(-c3ccccc3)cc21.[Cl-].[Cl-].[Zr+2]. The third-order valence-corrected chi connectivity index (χ3v) is 12.2. The van der Waals surface area contributed by atoms with Crippen molar-refractivity contribution in [3.05, 3.63) is 119 Å². The molecule has 36 heavy (non-hydrogen) atoms. The van der Waals surface area contributed by atoms with Gasteiger partial charge in [-0.25, -0.2) is 0 Å². The van der Waals surface area contributed by atoms with Crippen LogP contribution in [0.25, 0.3) is 23.5 Å². The van der Waals surface area contributed by atoms with Crippen molar-refractivity contribution >= 4 is 20.2 Å². The van der Waals surface area contributed by atoms with E-state index in [0.717, 1.165) is 0 Å². The van der Waals surface area contributed by atoms with Gasteiger partial charge in [-0.1, -0.05) is 72.8 Å². The third kappa shape index (κ3) is 4.63. The van der Waals surface area contributed by atoms with Gasteiger partial charge in [0.1, 0.15) is 0 Å². The Bertz CT molecular complexity index is 1310. The maximum atomic E-state index is 2.60. The van der Waals surface area contributed by atoms with Crippen LogP contribution in [0.1, 0.15) is 47.2 Å². The number of allylic oxidation sites excluding steroid dienone is 2. The molecule has 0 bridgehead atoms. The monoisotopic (exact) mass is 606 g/mol. The molecule has 6 rings (SSSR count). The minimum absolute atomic E-state index is 0. The van der Waals surface area contributed by atoms with Crippen molar-refractivity contribution in [1.29, 1.82) is 0 Å². The fourth-order valence-electron chi connectivity index (χ4n) is 6.48. The molecule has 2 aromatic carbocycles. The average Bonchev–Trinajstić information content (AvgIpc) is 3.53. The van der Waals surface area contributed by atoms with E-state index >= 15 is 0 Å². The molecule has 182 valence electrons. The average molecular weight is 609 g/mol. The number of hydrogen-bond acceptors (Lipinski definition) is 0. The Morgan fingerprint density at radius 3 is 1.31 bits per heavy atom. The first-order valence-electron chi connectivity index (χ1n) is 11.8. The van der Waals surface area contributed by atoms with Crippen LogP contribution in [-0.2, 0) is 26.2 Å². The number of rotatable bonds is 4. The minimum atomic E-state index is -1.80. The maximum Gasteiger partial charge on any atom is 2.00 e. The van der Waals surface area contributed by atoms with Gasteiger partial charge < -0.3 is 33.9 Å². The Hall–Kier alpha value is -1.84. The van der Waals surface area contributed by atoms with Gasteiger partial charge in [0.2, 0.25) is 0 Å². The molecule has 2 aliphatic carbocycles. The molecule has 2 nitrogen and oxygen atoms in total. The summed E-state index contributed by atoms with van der Waals surface area (Å²) in [4.78, 5) is 0. The van der Waals surface area contributed by atoms with Crippen LogP contribution in [0.15, 0.2) is 96.6 Å². The number of fused-ring (bicyclic) bond motifs is 2. The summed E-state index contributed by atoms with van der Waals surface area (Å²) in [7, 11) is -1.80. The van der Waals surface area contributed by atoms with Crippen LogP contribution in [-0.4, -0.2) is 17.2 Å². The Morgan fingerprint density at radius 1 is 0.583 bits per heavy atom. The van der Waals surface area contributed by atoms with Crippen molar-refractivity contribution in [3.8, 4) is 11.4 Å². The van der Waals surface area contributed by atoms with E-state index in [2.05, 4.69) is 134 Å². The zero-order chi connectivity index (χ0) is 22.7. The van der Waals surface area contributed by atoms with Crippen molar-refractivity contribution in [2.45, 2.75) is 38.0 Å². The third-order valence-electron chi connectivity index (χ3n) is 7.68. The van der Waals surface area contributed by atoms with Crippen molar-refractivity contribution in [1.82, 2.24) is 9.13 Å². The molecule has 2 aliphatic rings. The normalized spacial score (nSPS) is 17.7. The summed E-state index contributed by atoms with van der Waals surface area (Å²) >= 11 is 0. The predicted molar refractivity (Wildman–Crippen MR) is 142 cm³/mol. The summed E-state index contributed by atoms with van der Waals surface area (Å²) in [6, 6.07) is 21.4. The van der Waals surface area contributed by atoms with Crippen LogP contribution in [0, 0.1) is 0 Å². The van der Waals surface area contributed by atoms with Crippen molar-refractivity contribution in [2.75, 3.05) is 0 Å². The molecule has 0 saturated carbocycles. The molecule has 0 fully saturated rings. The standard InChI is InChI=1S/C30H30N2Si.2ClH.Zr/c1-21-15-23-17-31(25-11-7-5-8-12-25)19-27(23)29(21)33(3,4)30-22(2)16-24-18-32(20-28(24)30)26-13-9-6-10-14-26;;;/h5-20,29-30H,1-4H3;2*1H;/q;;;+2/p-2. The molecule has 0 aliphatic heterocycles. The molecule has 2 unspecified atom stereocenters. The summed E-state index contributed by atoms with van der Waals surface area (Å²) in [6.07, 6.45) is 14.3. The van der Waals surface area contributed by atoms with Gasteiger partial charge in [-0.2, -0.15) is 0 Å². The molecular formula is C30H30Cl2N2SiZr. The molecule has 0 radical (unpaired) electrons. The molecular weight excluding hydrogens is 579 g/mol. The Morgan fingerprint density at radius 2 is 0.944 bits per heavy atom. The zero-order valence-corrected chi connectivity index (χ0v) is 26.0. The maximum absolute atomic E-state index is 2.60. The van der Waals surface area contributed by atoms with E-state index in [-0.39, 0.29) is 51.0 Å². The number of nitrogens with zero attached hydrogens (tertiary/aromatic N) is 2. The number of benzene rings is 2. The van der Waals surface area contributed by atoms with Crippen molar-refractivity contribution in [3.63, 3.8) is 0 Å². The molecule has 2 atom stereocenters. The van der Waals surface area contributed by atoms with Crippen LogP contribution in [0.3, 0.4) is 0 Å². The molecule has 6 heteroatoms. The Kier molecular flexibility index (Phi) is 8.68. The molecule has 0 amide bonds. The molecule has 0 saturated heterocycles. The van der Waals surface area contributed by atoms with Crippen LogP contribution in [0.2, 0.25) is 13.1 Å². The smallest absolute Gasteiger partial charge is 1.00 e. The second-order valence-corrected chi connectivity index (χ2v) is 15.1. The number of aromatic nitrogens is 2. The van der Waals surface area contributed by atoms with Crippen molar-refractivity contribution < 1.29 is 51.0 Å². The van der Waals surface area contributed by atoms with Gasteiger partial charge >= 0.3 is 26.2 Å². The number of para-hydroxylation sites is 2. The number of halogens is 2. The summed E-state index contributed by atoms with van der Waals surface area (Å²) in [6.45, 7) is 9.88. The quantitative estimate of drug-likeness (QED) is 0.313. The molecule has 4 aromatic rings. The molecule has 0 spiro atoms. The Labute approximate surface area is 247 Å². The van der Waals surface area contributed by atoms with Crippen molar-refractivity contribution in [2.24, 2.45) is 0 Å². The first-order chi connectivity index (χ1) is 15.9. The van der Waals surface area contributed by atoms with Crippen LogP contribution >= 0.6 is 0 Å². The van der Waals surface area contributed by atoms with Gasteiger partial charge in [0, 0.05) is 47.2 Å². The molecule has 2 aromatic heterocycles. The van der Waals surface area contributed by atoms with E-state index < -0.39 is 8.07 Å². The largest absolute Gasteiger partial charge is 2.00 e. The van der Waals surface area contributed by atoms with Gasteiger partial charge in [0.25, 0.3) is 0 Å². The molecule has 2 heterocycles. The van der Waals surface area contributed by atoms with Crippen LogP contribution < -0.4 is 24.8 Å². The van der Waals surface area contributed by atoms with Gasteiger partial charge in [0.15, 0.2) is 0 Å². The van der Waals surface area contributed by atoms with E-state index in [1.165, 1.54) is 44.8 Å². The van der Waals surface area contributed by atoms with E-state index in [9.17, 15) is 0 Å². The topological polar surface area (TPSA) is 9.86 Å². The van der Waals surface area contributed by atoms with E-state index in [1.54, 1.807) is 0 Å². The van der Waals surface area contributed by atoms with Gasteiger partial charge in [-0.05, 0) is 60.4 Å². The van der Waals surface area contributed by atoms with Gasteiger partial charge in [-0.3, -0.25) is 0 Å². The van der Waals surface area contributed by atoms with Crippen LogP contribution in [0.4, 0.5) is 0 Å². The molecule has 0 N–H and O–H groups in total. The predicted octanol–water partition coefficient (Wildman–Crippen LogP) is 1.76. The van der Waals surface area contributed by atoms with Gasteiger partial charge in [-0.15, -0.1) is 0 Å².